The summed E-state index contributed by atoms with van der Waals surface area (Å²) in [5.74, 6) is -0.336. The van der Waals surface area contributed by atoms with Gasteiger partial charge in [-0.15, -0.1) is 0 Å². The van der Waals surface area contributed by atoms with Gasteiger partial charge in [0.2, 0.25) is 0 Å². The molecular formula is C9H6ClFN2. The van der Waals surface area contributed by atoms with Crippen molar-refractivity contribution in [2.24, 2.45) is 0 Å². The fourth-order valence-electron chi connectivity index (χ4n) is 1.12. The van der Waals surface area contributed by atoms with Crippen LogP contribution in [0.4, 0.5) is 4.39 Å². The van der Waals surface area contributed by atoms with Gasteiger partial charge in [-0.2, -0.15) is 5.10 Å². The quantitative estimate of drug-likeness (QED) is 0.747. The van der Waals surface area contributed by atoms with E-state index in [1.165, 1.54) is 12.1 Å². The molecule has 0 bridgehead atoms. The van der Waals surface area contributed by atoms with E-state index in [0.29, 0.717) is 5.02 Å². The van der Waals surface area contributed by atoms with Crippen LogP contribution < -0.4 is 0 Å². The van der Waals surface area contributed by atoms with Gasteiger partial charge in [0.05, 0.1) is 11.2 Å². The predicted octanol–water partition coefficient (Wildman–Crippen LogP) is 2.87. The second-order valence-electron chi connectivity index (χ2n) is 2.61. The van der Waals surface area contributed by atoms with Gasteiger partial charge in [-0.3, -0.25) is 5.10 Å². The first-order chi connectivity index (χ1) is 6.27. The Bertz CT molecular complexity index is 412. The summed E-state index contributed by atoms with van der Waals surface area (Å²) in [6, 6.07) is 4.28. The van der Waals surface area contributed by atoms with E-state index in [1.807, 2.05) is 0 Å². The van der Waals surface area contributed by atoms with Gasteiger partial charge in [0.15, 0.2) is 0 Å². The normalized spacial score (nSPS) is 10.3. The third-order valence-electron chi connectivity index (χ3n) is 1.74. The Morgan fingerprint density at radius 1 is 1.38 bits per heavy atom. The maximum Gasteiger partial charge on any atom is 0.124 e. The van der Waals surface area contributed by atoms with E-state index >= 15 is 0 Å². The van der Waals surface area contributed by atoms with Gasteiger partial charge < -0.3 is 0 Å². The van der Waals surface area contributed by atoms with Crippen molar-refractivity contribution in [2.75, 3.05) is 0 Å². The van der Waals surface area contributed by atoms with Crippen LogP contribution in [0.3, 0.4) is 0 Å². The number of nitrogens with zero attached hydrogens (tertiary/aromatic N) is 1. The van der Waals surface area contributed by atoms with Gasteiger partial charge in [-0.05, 0) is 18.2 Å². The Labute approximate surface area is 79.4 Å². The summed E-state index contributed by atoms with van der Waals surface area (Å²) in [4.78, 5) is 0. The average molecular weight is 197 g/mol. The van der Waals surface area contributed by atoms with E-state index < -0.39 is 0 Å². The molecule has 0 aliphatic heterocycles. The number of nitrogens with one attached hydrogen (secondary N) is 1. The Kier molecular flexibility index (Phi) is 2.02. The molecule has 13 heavy (non-hydrogen) atoms. The van der Waals surface area contributed by atoms with Crippen LogP contribution in [-0.4, -0.2) is 10.2 Å². The van der Waals surface area contributed by atoms with E-state index in [-0.39, 0.29) is 5.82 Å². The molecule has 0 fully saturated rings. The molecule has 0 saturated heterocycles. The minimum absolute atomic E-state index is 0.336. The molecule has 2 nitrogen and oxygen atoms in total. The highest BCUT2D eigenvalue weighted by Crippen LogP contribution is 2.27. The standard InChI is InChI=1S/C9H6ClFN2/c10-9-3-7(11)1-2-8(9)6-4-12-13-5-6/h1-5H,(H,12,13). The zero-order valence-corrected chi connectivity index (χ0v) is 7.35. The molecule has 0 aliphatic rings. The summed E-state index contributed by atoms with van der Waals surface area (Å²) >= 11 is 5.84. The number of rotatable bonds is 1. The average Bonchev–Trinajstić information content (AvgIpc) is 2.56. The van der Waals surface area contributed by atoms with Gasteiger partial charge in [-0.1, -0.05) is 11.6 Å². The minimum Gasteiger partial charge on any atom is -0.285 e. The van der Waals surface area contributed by atoms with E-state index in [1.54, 1.807) is 18.5 Å². The van der Waals surface area contributed by atoms with E-state index in [4.69, 9.17) is 11.6 Å². The Hall–Kier alpha value is -1.35. The summed E-state index contributed by atoms with van der Waals surface area (Å²) < 4.78 is 12.7. The Morgan fingerprint density at radius 3 is 2.85 bits per heavy atom. The lowest BCUT2D eigenvalue weighted by molar-refractivity contribution is 0.628. The summed E-state index contributed by atoms with van der Waals surface area (Å²) in [7, 11) is 0. The minimum atomic E-state index is -0.336. The van der Waals surface area contributed by atoms with Crippen molar-refractivity contribution in [1.82, 2.24) is 10.2 Å². The first-order valence-electron chi connectivity index (χ1n) is 3.71. The molecule has 0 spiro atoms. The van der Waals surface area contributed by atoms with Crippen LogP contribution in [0.1, 0.15) is 0 Å². The first-order valence-corrected chi connectivity index (χ1v) is 4.09. The van der Waals surface area contributed by atoms with Gasteiger partial charge in [0, 0.05) is 17.3 Å². The van der Waals surface area contributed by atoms with Crippen molar-refractivity contribution in [3.63, 3.8) is 0 Å². The fraction of sp³-hybridized carbons (Fsp3) is 0. The highest BCUT2D eigenvalue weighted by Gasteiger charge is 2.04. The third kappa shape index (κ3) is 1.55. The number of aromatic nitrogens is 2. The highest BCUT2D eigenvalue weighted by molar-refractivity contribution is 6.33. The van der Waals surface area contributed by atoms with Gasteiger partial charge in [0.25, 0.3) is 0 Å². The molecule has 0 amide bonds. The number of benzene rings is 1. The lowest BCUT2D eigenvalue weighted by Crippen LogP contribution is -1.78. The van der Waals surface area contributed by atoms with Crippen LogP contribution in [0.15, 0.2) is 30.6 Å². The van der Waals surface area contributed by atoms with Crippen LogP contribution >= 0.6 is 11.6 Å². The van der Waals surface area contributed by atoms with Crippen molar-refractivity contribution in [3.8, 4) is 11.1 Å². The van der Waals surface area contributed by atoms with Crippen LogP contribution in [0, 0.1) is 5.82 Å². The van der Waals surface area contributed by atoms with Crippen molar-refractivity contribution >= 4 is 11.6 Å². The second-order valence-corrected chi connectivity index (χ2v) is 3.02. The Balaban J connectivity index is 2.53. The topological polar surface area (TPSA) is 28.7 Å². The first kappa shape index (κ1) is 8.26. The van der Waals surface area contributed by atoms with Crippen LogP contribution in [0.2, 0.25) is 5.02 Å². The molecule has 0 atom stereocenters. The SMILES string of the molecule is Fc1ccc(-c2cn[nH]c2)c(Cl)c1. The number of hydrogen-bond acceptors (Lipinski definition) is 1. The second kappa shape index (κ2) is 3.18. The maximum atomic E-state index is 12.7. The van der Waals surface area contributed by atoms with Gasteiger partial charge in [-0.25, -0.2) is 4.39 Å². The monoisotopic (exact) mass is 196 g/mol. The van der Waals surface area contributed by atoms with Crippen molar-refractivity contribution in [1.29, 1.82) is 0 Å². The zero-order valence-electron chi connectivity index (χ0n) is 6.59. The van der Waals surface area contributed by atoms with E-state index in [9.17, 15) is 4.39 Å². The molecular weight excluding hydrogens is 191 g/mol. The molecule has 0 unspecified atom stereocenters. The van der Waals surface area contributed by atoms with Crippen molar-refractivity contribution < 1.29 is 4.39 Å². The van der Waals surface area contributed by atoms with E-state index in [0.717, 1.165) is 11.1 Å². The van der Waals surface area contributed by atoms with E-state index in [2.05, 4.69) is 10.2 Å². The fourth-order valence-corrected chi connectivity index (χ4v) is 1.40. The number of hydrogen-bond donors (Lipinski definition) is 1. The molecule has 4 heteroatoms. The smallest absolute Gasteiger partial charge is 0.124 e. The van der Waals surface area contributed by atoms with Crippen LogP contribution in [0.5, 0.6) is 0 Å². The number of H-pyrrole nitrogens is 1. The van der Waals surface area contributed by atoms with Gasteiger partial charge in [0.1, 0.15) is 5.82 Å². The molecule has 1 N–H and O–H groups in total. The molecule has 1 heterocycles. The lowest BCUT2D eigenvalue weighted by atomic mass is 10.1. The summed E-state index contributed by atoms with van der Waals surface area (Å²) in [6.45, 7) is 0. The van der Waals surface area contributed by atoms with Crippen LogP contribution in [-0.2, 0) is 0 Å². The lowest BCUT2D eigenvalue weighted by Gasteiger charge is -1.99. The molecule has 2 aromatic rings. The van der Waals surface area contributed by atoms with Crippen molar-refractivity contribution in [2.45, 2.75) is 0 Å². The summed E-state index contributed by atoms with van der Waals surface area (Å²) in [5, 5.41) is 6.84. The van der Waals surface area contributed by atoms with Crippen molar-refractivity contribution in [3.05, 3.63) is 41.4 Å². The molecule has 0 aliphatic carbocycles. The number of aromatic amines is 1. The highest BCUT2D eigenvalue weighted by atomic mass is 35.5. The molecule has 1 aromatic carbocycles. The van der Waals surface area contributed by atoms with Crippen LogP contribution in [0.25, 0.3) is 11.1 Å². The third-order valence-corrected chi connectivity index (χ3v) is 2.05. The molecule has 66 valence electrons. The molecule has 2 rings (SSSR count). The number of halogens is 2. The Morgan fingerprint density at radius 2 is 2.23 bits per heavy atom. The zero-order chi connectivity index (χ0) is 9.26. The predicted molar refractivity (Wildman–Crippen MR) is 49.0 cm³/mol. The maximum absolute atomic E-state index is 12.7. The summed E-state index contributed by atoms with van der Waals surface area (Å²) in [6.07, 6.45) is 3.35. The summed E-state index contributed by atoms with van der Waals surface area (Å²) in [5.41, 5.74) is 1.63. The van der Waals surface area contributed by atoms with Gasteiger partial charge >= 0.3 is 0 Å². The largest absolute Gasteiger partial charge is 0.285 e. The molecule has 0 radical (unpaired) electrons. The molecule has 0 saturated carbocycles. The molecule has 1 aromatic heterocycles.